The monoisotopic (exact) mass is 345 g/mol. The first-order valence-electron chi connectivity index (χ1n) is 6.29. The number of thiophene rings is 1. The van der Waals surface area contributed by atoms with Crippen molar-refractivity contribution in [3.63, 3.8) is 0 Å². The van der Waals surface area contributed by atoms with Crippen molar-refractivity contribution in [3.8, 4) is 0 Å². The standard InChI is InChI=1S/C14H16ClNO3S2/c1-19-12(13-7-8-14(15)20-13)9-16-21(17,18)10-11-5-3-2-4-6-11/h2-8,12,16H,9-10H2,1H3. The highest BCUT2D eigenvalue weighted by molar-refractivity contribution is 7.88. The molecule has 1 N–H and O–H groups in total. The molecule has 0 fully saturated rings. The zero-order chi connectivity index (χ0) is 15.3. The molecule has 4 nitrogen and oxygen atoms in total. The summed E-state index contributed by atoms with van der Waals surface area (Å²) in [6.45, 7) is 0.183. The molecule has 0 saturated heterocycles. The molecule has 0 radical (unpaired) electrons. The maximum absolute atomic E-state index is 12.1. The summed E-state index contributed by atoms with van der Waals surface area (Å²) in [5.74, 6) is -0.0462. The first-order valence-corrected chi connectivity index (χ1v) is 9.14. The minimum Gasteiger partial charge on any atom is -0.375 e. The van der Waals surface area contributed by atoms with Gasteiger partial charge in [-0.1, -0.05) is 41.9 Å². The van der Waals surface area contributed by atoms with Crippen molar-refractivity contribution >= 4 is 33.0 Å². The summed E-state index contributed by atoms with van der Waals surface area (Å²) in [6.07, 6.45) is -0.340. The Labute approximate surface area is 133 Å². The van der Waals surface area contributed by atoms with Crippen LogP contribution in [-0.4, -0.2) is 22.1 Å². The van der Waals surface area contributed by atoms with Crippen LogP contribution in [0.15, 0.2) is 42.5 Å². The number of sulfonamides is 1. The van der Waals surface area contributed by atoms with Crippen molar-refractivity contribution in [1.29, 1.82) is 0 Å². The Morgan fingerprint density at radius 1 is 1.24 bits per heavy atom. The Bertz CT molecular complexity index is 671. The fraction of sp³-hybridized carbons (Fsp3) is 0.286. The highest BCUT2D eigenvalue weighted by Crippen LogP contribution is 2.28. The zero-order valence-corrected chi connectivity index (χ0v) is 13.8. The smallest absolute Gasteiger partial charge is 0.215 e. The lowest BCUT2D eigenvalue weighted by molar-refractivity contribution is 0.110. The molecule has 0 amide bonds. The molecular formula is C14H16ClNO3S2. The summed E-state index contributed by atoms with van der Waals surface area (Å²) in [4.78, 5) is 0.893. The molecule has 1 aromatic carbocycles. The highest BCUT2D eigenvalue weighted by Gasteiger charge is 2.17. The fourth-order valence-corrected chi connectivity index (χ4v) is 4.13. The van der Waals surface area contributed by atoms with Gasteiger partial charge in [-0.05, 0) is 17.7 Å². The van der Waals surface area contributed by atoms with E-state index in [9.17, 15) is 8.42 Å². The van der Waals surface area contributed by atoms with E-state index < -0.39 is 10.0 Å². The predicted molar refractivity (Wildman–Crippen MR) is 86.1 cm³/mol. The summed E-state index contributed by atoms with van der Waals surface area (Å²) in [6, 6.07) is 12.7. The van der Waals surface area contributed by atoms with E-state index in [-0.39, 0.29) is 18.4 Å². The van der Waals surface area contributed by atoms with Crippen LogP contribution in [0.1, 0.15) is 16.5 Å². The first-order chi connectivity index (χ1) is 10.00. The lowest BCUT2D eigenvalue weighted by atomic mass is 10.2. The number of hydrogen-bond acceptors (Lipinski definition) is 4. The largest absolute Gasteiger partial charge is 0.375 e. The Morgan fingerprint density at radius 3 is 2.52 bits per heavy atom. The molecule has 1 aromatic heterocycles. The minimum atomic E-state index is -3.40. The van der Waals surface area contributed by atoms with Crippen LogP contribution in [0.4, 0.5) is 0 Å². The van der Waals surface area contributed by atoms with E-state index in [1.807, 2.05) is 24.3 Å². The van der Waals surface area contributed by atoms with Gasteiger partial charge in [-0.25, -0.2) is 13.1 Å². The zero-order valence-electron chi connectivity index (χ0n) is 11.5. The van der Waals surface area contributed by atoms with Crippen LogP contribution in [-0.2, 0) is 20.5 Å². The molecule has 0 aliphatic carbocycles. The summed E-state index contributed by atoms with van der Waals surface area (Å²) < 4.78 is 32.7. The molecule has 0 spiro atoms. The average molecular weight is 346 g/mol. The van der Waals surface area contributed by atoms with E-state index in [0.717, 1.165) is 10.4 Å². The Balaban J connectivity index is 1.97. The number of hydrogen-bond donors (Lipinski definition) is 1. The van der Waals surface area contributed by atoms with Gasteiger partial charge >= 0.3 is 0 Å². The number of benzene rings is 1. The Morgan fingerprint density at radius 2 is 1.95 bits per heavy atom. The maximum Gasteiger partial charge on any atom is 0.215 e. The molecule has 21 heavy (non-hydrogen) atoms. The van der Waals surface area contributed by atoms with E-state index >= 15 is 0 Å². The third-order valence-electron chi connectivity index (χ3n) is 2.88. The van der Waals surface area contributed by atoms with Crippen molar-refractivity contribution in [3.05, 3.63) is 57.2 Å². The van der Waals surface area contributed by atoms with Crippen LogP contribution in [0.25, 0.3) is 0 Å². The second-order valence-corrected chi connectivity index (χ2v) is 8.01. The van der Waals surface area contributed by atoms with Gasteiger partial charge in [-0.15, -0.1) is 11.3 Å². The Hall–Kier alpha value is -0.920. The van der Waals surface area contributed by atoms with E-state index in [4.69, 9.17) is 16.3 Å². The third-order valence-corrected chi connectivity index (χ3v) is 5.53. The topological polar surface area (TPSA) is 55.4 Å². The van der Waals surface area contributed by atoms with Crippen LogP contribution < -0.4 is 4.72 Å². The summed E-state index contributed by atoms with van der Waals surface area (Å²) in [5.41, 5.74) is 0.748. The molecule has 114 valence electrons. The maximum atomic E-state index is 12.1. The molecule has 1 unspecified atom stereocenters. The predicted octanol–water partition coefficient (Wildman–Crippen LogP) is 3.21. The van der Waals surface area contributed by atoms with E-state index in [2.05, 4.69) is 4.72 Å². The number of methoxy groups -OCH3 is 1. The second kappa shape index (κ2) is 7.38. The average Bonchev–Trinajstić information content (AvgIpc) is 2.86. The number of halogens is 1. The van der Waals surface area contributed by atoms with Crippen LogP contribution in [0, 0.1) is 0 Å². The van der Waals surface area contributed by atoms with E-state index in [0.29, 0.717) is 4.34 Å². The van der Waals surface area contributed by atoms with Crippen LogP contribution >= 0.6 is 22.9 Å². The highest BCUT2D eigenvalue weighted by atomic mass is 35.5. The molecule has 2 rings (SSSR count). The van der Waals surface area contributed by atoms with E-state index in [1.165, 1.54) is 11.3 Å². The van der Waals surface area contributed by atoms with Gasteiger partial charge in [0.1, 0.15) is 6.10 Å². The van der Waals surface area contributed by atoms with Crippen LogP contribution in [0.5, 0.6) is 0 Å². The molecule has 0 bridgehead atoms. The molecule has 2 aromatic rings. The van der Waals surface area contributed by atoms with E-state index in [1.54, 1.807) is 25.3 Å². The first kappa shape index (κ1) is 16.5. The number of ether oxygens (including phenoxy) is 1. The van der Waals surface area contributed by atoms with Crippen LogP contribution in [0.2, 0.25) is 4.34 Å². The molecule has 0 aliphatic rings. The quantitative estimate of drug-likeness (QED) is 0.838. The molecule has 1 atom stereocenters. The van der Waals surface area contributed by atoms with Crippen molar-refractivity contribution in [2.45, 2.75) is 11.9 Å². The molecule has 0 saturated carbocycles. The molecular weight excluding hydrogens is 330 g/mol. The van der Waals surface area contributed by atoms with Gasteiger partial charge in [0.15, 0.2) is 0 Å². The molecule has 1 heterocycles. The van der Waals surface area contributed by atoms with Crippen molar-refractivity contribution in [2.24, 2.45) is 0 Å². The van der Waals surface area contributed by atoms with Crippen molar-refractivity contribution in [1.82, 2.24) is 4.72 Å². The fourth-order valence-electron chi connectivity index (χ4n) is 1.85. The molecule has 0 aliphatic heterocycles. The van der Waals surface area contributed by atoms with Gasteiger partial charge in [0.2, 0.25) is 10.0 Å². The summed E-state index contributed by atoms with van der Waals surface area (Å²) in [7, 11) is -1.85. The van der Waals surface area contributed by atoms with Gasteiger partial charge in [-0.3, -0.25) is 0 Å². The van der Waals surface area contributed by atoms with Crippen molar-refractivity contribution < 1.29 is 13.2 Å². The normalized spacial score (nSPS) is 13.2. The van der Waals surface area contributed by atoms with Crippen molar-refractivity contribution in [2.75, 3.05) is 13.7 Å². The van der Waals surface area contributed by atoms with Gasteiger partial charge in [0, 0.05) is 18.5 Å². The molecule has 7 heteroatoms. The van der Waals surface area contributed by atoms with Crippen LogP contribution in [0.3, 0.4) is 0 Å². The SMILES string of the molecule is COC(CNS(=O)(=O)Cc1ccccc1)c1ccc(Cl)s1. The minimum absolute atomic E-state index is 0.0462. The van der Waals surface area contributed by atoms with Gasteiger partial charge in [0.25, 0.3) is 0 Å². The second-order valence-electron chi connectivity index (χ2n) is 4.46. The third kappa shape index (κ3) is 5.09. The van der Waals surface area contributed by atoms with Gasteiger partial charge in [-0.2, -0.15) is 0 Å². The lowest BCUT2D eigenvalue weighted by Crippen LogP contribution is -2.30. The summed E-state index contributed by atoms with van der Waals surface area (Å²) in [5, 5.41) is 0. The lowest BCUT2D eigenvalue weighted by Gasteiger charge is -2.14. The Kier molecular flexibility index (Phi) is 5.78. The van der Waals surface area contributed by atoms with Gasteiger partial charge < -0.3 is 4.74 Å². The summed E-state index contributed by atoms with van der Waals surface area (Å²) >= 11 is 7.26. The van der Waals surface area contributed by atoms with Gasteiger partial charge in [0.05, 0.1) is 10.1 Å². The number of nitrogens with one attached hydrogen (secondary N) is 1. The number of rotatable bonds is 7.